The van der Waals surface area contributed by atoms with E-state index in [4.69, 9.17) is 37.9 Å². The Labute approximate surface area is 325 Å². The smallest absolute Gasteiger partial charge is 0.187 e. The standard InChI is InChI=1S/C23H36O11.3Ac/c1-27-12-15-18(34-22-17(26)19(28-2)16(25)14(10-24)32-22)20(29-3)21(23(30-4)33-15)31-11-13-8-6-5-7-9-13;;;/h5-9,14-26H,10-12H2,1-4H3;;;/t14-,15?,16+,17?,18+,19?,20-,21?,22+,23-;;;/m0.../s1. The van der Waals surface area contributed by atoms with Crippen molar-refractivity contribution in [3.05, 3.63) is 35.9 Å². The molecule has 0 saturated carbocycles. The maximum atomic E-state index is 10.7. The van der Waals surface area contributed by atoms with Gasteiger partial charge in [-0.2, -0.15) is 0 Å². The van der Waals surface area contributed by atoms with Gasteiger partial charge >= 0.3 is 0 Å². The van der Waals surface area contributed by atoms with Crippen LogP contribution in [0, 0.1) is 132 Å². The van der Waals surface area contributed by atoms with E-state index in [9.17, 15) is 15.3 Å². The SMILES string of the molecule is COCC1O[C@H](OC)C(OCc2ccccc2)[C@@H](OC)[C@@H]1O[C@H]1O[C@@H](CO)[C@@H](O)C(OC)C1O.[Ac].[Ac].[Ac]. The first-order valence-corrected chi connectivity index (χ1v) is 11.1. The van der Waals surface area contributed by atoms with Crippen molar-refractivity contribution in [2.75, 3.05) is 41.7 Å². The van der Waals surface area contributed by atoms with Crippen molar-refractivity contribution in [1.82, 2.24) is 0 Å². The number of ether oxygens (including phenoxy) is 8. The summed E-state index contributed by atoms with van der Waals surface area (Å²) in [5.74, 6) is 0. The van der Waals surface area contributed by atoms with E-state index in [1.54, 1.807) is 0 Å². The van der Waals surface area contributed by atoms with Gasteiger partial charge in [0.1, 0.15) is 48.8 Å². The van der Waals surface area contributed by atoms with Gasteiger partial charge in [0, 0.05) is 161 Å². The normalized spacial score (nSPS) is 35.5. The number of methoxy groups -OCH3 is 4. The van der Waals surface area contributed by atoms with Crippen LogP contribution in [0.3, 0.4) is 0 Å². The maximum Gasteiger partial charge on any atom is 0.187 e. The Kier molecular flexibility index (Phi) is 22.7. The molecule has 2 saturated heterocycles. The van der Waals surface area contributed by atoms with Crippen molar-refractivity contribution >= 4 is 0 Å². The van der Waals surface area contributed by atoms with E-state index in [2.05, 4.69) is 0 Å². The van der Waals surface area contributed by atoms with Gasteiger partial charge in [0.05, 0.1) is 19.8 Å². The van der Waals surface area contributed by atoms with Crippen molar-refractivity contribution in [2.45, 2.75) is 68.0 Å². The molecule has 2 heterocycles. The summed E-state index contributed by atoms with van der Waals surface area (Å²) >= 11 is 0. The van der Waals surface area contributed by atoms with Crippen molar-refractivity contribution in [3.63, 3.8) is 0 Å². The summed E-state index contributed by atoms with van der Waals surface area (Å²) in [6.07, 6.45) is -9.50. The number of hydrogen-bond acceptors (Lipinski definition) is 11. The molecule has 3 rings (SSSR count). The second-order valence-corrected chi connectivity index (χ2v) is 8.20. The van der Waals surface area contributed by atoms with Crippen LogP contribution in [-0.4, -0.2) is 118 Å². The fourth-order valence-electron chi connectivity index (χ4n) is 4.34. The molecule has 10 atom stereocenters. The molecule has 2 aliphatic heterocycles. The predicted molar refractivity (Wildman–Crippen MR) is 117 cm³/mol. The molecule has 0 aromatic heterocycles. The first-order valence-electron chi connectivity index (χ1n) is 11.1. The van der Waals surface area contributed by atoms with E-state index in [0.29, 0.717) is 0 Å². The molecule has 203 valence electrons. The summed E-state index contributed by atoms with van der Waals surface area (Å²) in [4.78, 5) is 0. The third-order valence-corrected chi connectivity index (χ3v) is 6.10. The fourth-order valence-corrected chi connectivity index (χ4v) is 4.34. The van der Waals surface area contributed by atoms with E-state index >= 15 is 0 Å². The van der Waals surface area contributed by atoms with Crippen LogP contribution in [0.25, 0.3) is 0 Å². The van der Waals surface area contributed by atoms with Gasteiger partial charge in [-0.05, 0) is 5.56 Å². The molecule has 1 aromatic rings. The molecule has 0 amide bonds. The first kappa shape index (κ1) is 40.1. The van der Waals surface area contributed by atoms with Gasteiger partial charge in [-0.1, -0.05) is 30.3 Å². The third-order valence-electron chi connectivity index (χ3n) is 6.10. The quantitative estimate of drug-likeness (QED) is 0.264. The van der Waals surface area contributed by atoms with Gasteiger partial charge in [-0.25, -0.2) is 0 Å². The zero-order chi connectivity index (χ0) is 24.7. The van der Waals surface area contributed by atoms with Gasteiger partial charge in [-0.15, -0.1) is 0 Å². The molecule has 11 nitrogen and oxygen atoms in total. The van der Waals surface area contributed by atoms with Gasteiger partial charge < -0.3 is 53.2 Å². The average molecular weight is 1170 g/mol. The molecular formula is C23H36Ac3O11. The molecule has 0 spiro atoms. The van der Waals surface area contributed by atoms with Crippen molar-refractivity contribution in [2.24, 2.45) is 0 Å². The topological polar surface area (TPSA) is 135 Å². The molecule has 1 aromatic carbocycles. The molecule has 2 aliphatic rings. The fraction of sp³-hybridized carbons (Fsp3) is 0.739. The van der Waals surface area contributed by atoms with E-state index in [1.165, 1.54) is 28.4 Å². The van der Waals surface area contributed by atoms with Crippen LogP contribution < -0.4 is 0 Å². The Hall–Kier alpha value is 3.10. The van der Waals surface area contributed by atoms with Crippen LogP contribution in [-0.2, 0) is 44.5 Å². The van der Waals surface area contributed by atoms with Crippen molar-refractivity contribution in [1.29, 1.82) is 0 Å². The number of rotatable bonds is 11. The molecule has 4 unspecified atom stereocenters. The Morgan fingerprint density at radius 1 is 0.730 bits per heavy atom. The second kappa shape index (κ2) is 20.9. The van der Waals surface area contributed by atoms with Crippen molar-refractivity contribution in [3.8, 4) is 0 Å². The first-order chi connectivity index (χ1) is 16.5. The Morgan fingerprint density at radius 3 is 1.89 bits per heavy atom. The zero-order valence-electron chi connectivity index (χ0n) is 21.6. The van der Waals surface area contributed by atoms with Gasteiger partial charge in [0.15, 0.2) is 12.6 Å². The zero-order valence-corrected chi connectivity index (χ0v) is 35.9. The largest absolute Gasteiger partial charge is 0.394 e. The average Bonchev–Trinajstić information content (AvgIpc) is 2.86. The molecule has 3 N–H and O–H groups in total. The third kappa shape index (κ3) is 10.6. The number of benzene rings is 1. The minimum absolute atomic E-state index is 0. The van der Waals surface area contributed by atoms with E-state index in [1.807, 2.05) is 30.3 Å². The van der Waals surface area contributed by atoms with Crippen LogP contribution in [0.1, 0.15) is 5.56 Å². The van der Waals surface area contributed by atoms with Gasteiger partial charge in [-0.3, -0.25) is 0 Å². The number of aliphatic hydroxyl groups is 3. The van der Waals surface area contributed by atoms with Crippen molar-refractivity contribution < 1.29 is 185 Å². The van der Waals surface area contributed by atoms with Gasteiger partial charge in [0.25, 0.3) is 0 Å². The minimum Gasteiger partial charge on any atom is -0.394 e. The van der Waals surface area contributed by atoms with E-state index in [0.717, 1.165) is 5.56 Å². The predicted octanol–water partition coefficient (Wildman–Crippen LogP) is -0.556. The van der Waals surface area contributed by atoms with E-state index in [-0.39, 0.29) is 145 Å². The molecule has 0 aliphatic carbocycles. The molecule has 37 heavy (non-hydrogen) atoms. The van der Waals surface area contributed by atoms with Crippen LogP contribution in [0.2, 0.25) is 0 Å². The summed E-state index contributed by atoms with van der Waals surface area (Å²) in [6, 6.07) is 9.62. The van der Waals surface area contributed by atoms with Crippen LogP contribution in [0.5, 0.6) is 0 Å². The van der Waals surface area contributed by atoms with Crippen LogP contribution >= 0.6 is 0 Å². The Balaban J connectivity index is 0.00000432. The second-order valence-electron chi connectivity index (χ2n) is 8.20. The maximum absolute atomic E-state index is 10.7. The molecule has 2 fully saturated rings. The summed E-state index contributed by atoms with van der Waals surface area (Å²) in [5.41, 5.74) is 0.956. The Morgan fingerprint density at radius 2 is 1.35 bits per heavy atom. The molecule has 0 bridgehead atoms. The molecule has 14 heteroatoms. The summed E-state index contributed by atoms with van der Waals surface area (Å²) in [5, 5.41) is 30.7. The molecule has 3 radical (unpaired) electrons. The number of hydrogen-bond donors (Lipinski definition) is 3. The monoisotopic (exact) mass is 1170 g/mol. The van der Waals surface area contributed by atoms with Gasteiger partial charge in [0.2, 0.25) is 0 Å². The van der Waals surface area contributed by atoms with Crippen LogP contribution in [0.4, 0.5) is 0 Å². The summed E-state index contributed by atoms with van der Waals surface area (Å²) < 4.78 is 45.9. The van der Waals surface area contributed by atoms with Crippen LogP contribution in [0.15, 0.2) is 30.3 Å². The summed E-state index contributed by atoms with van der Waals surface area (Å²) in [6.45, 7) is -0.0692. The Bertz CT molecular complexity index is 722. The number of aliphatic hydroxyl groups excluding tert-OH is 3. The van der Waals surface area contributed by atoms with E-state index < -0.39 is 68.0 Å². The summed E-state index contributed by atoms with van der Waals surface area (Å²) in [7, 11) is 5.89. The minimum atomic E-state index is -1.34. The molecular weight excluding hydrogens is 1130 g/mol.